The second kappa shape index (κ2) is 8.71. The van der Waals surface area contributed by atoms with Gasteiger partial charge in [-0.3, -0.25) is 4.79 Å². The predicted octanol–water partition coefficient (Wildman–Crippen LogP) is 1.42. The molecule has 7 heteroatoms. The molecule has 1 rings (SSSR count). The number of aliphatic hydroxyl groups excluding tert-OH is 2. The van der Waals surface area contributed by atoms with E-state index in [0.717, 1.165) is 0 Å². The van der Waals surface area contributed by atoms with Gasteiger partial charge in [-0.25, -0.2) is 0 Å². The van der Waals surface area contributed by atoms with E-state index < -0.39 is 18.1 Å². The standard InChI is InChI=1S/C14H21ClN2O4/c1-3-21-11-4-5-12(17-14(20)9(2)18)13(6-11)16-8-10(19)7-15/h4-6,9-10,16,18-19H,3,7-8H2,1-2H3,(H,17,20). The lowest BCUT2D eigenvalue weighted by Gasteiger charge is -2.17. The molecule has 0 heterocycles. The highest BCUT2D eigenvalue weighted by atomic mass is 35.5. The van der Waals surface area contributed by atoms with Gasteiger partial charge in [-0.15, -0.1) is 11.6 Å². The molecular formula is C14H21ClN2O4. The summed E-state index contributed by atoms with van der Waals surface area (Å²) in [6, 6.07) is 5.09. The number of alkyl halides is 1. The summed E-state index contributed by atoms with van der Waals surface area (Å²) in [6.45, 7) is 4.00. The van der Waals surface area contributed by atoms with Crippen molar-refractivity contribution in [2.45, 2.75) is 26.1 Å². The molecule has 0 aliphatic rings. The van der Waals surface area contributed by atoms with Gasteiger partial charge in [0.05, 0.1) is 30.0 Å². The lowest BCUT2D eigenvalue weighted by molar-refractivity contribution is -0.123. The van der Waals surface area contributed by atoms with Crippen LogP contribution < -0.4 is 15.4 Å². The van der Waals surface area contributed by atoms with Gasteiger partial charge in [-0.2, -0.15) is 0 Å². The molecule has 0 saturated heterocycles. The molecular weight excluding hydrogens is 296 g/mol. The smallest absolute Gasteiger partial charge is 0.252 e. The Morgan fingerprint density at radius 2 is 2.10 bits per heavy atom. The number of rotatable bonds is 8. The van der Waals surface area contributed by atoms with E-state index in [0.29, 0.717) is 23.7 Å². The maximum absolute atomic E-state index is 11.6. The summed E-state index contributed by atoms with van der Waals surface area (Å²) in [5, 5.41) is 24.3. The highest BCUT2D eigenvalue weighted by molar-refractivity contribution is 6.18. The highest BCUT2D eigenvalue weighted by Gasteiger charge is 2.13. The average molecular weight is 317 g/mol. The van der Waals surface area contributed by atoms with Crippen LogP contribution in [-0.4, -0.2) is 47.4 Å². The van der Waals surface area contributed by atoms with E-state index in [1.807, 2.05) is 6.92 Å². The number of ether oxygens (including phenoxy) is 1. The van der Waals surface area contributed by atoms with Gasteiger partial charge in [0.15, 0.2) is 0 Å². The van der Waals surface area contributed by atoms with Crippen LogP contribution in [0.4, 0.5) is 11.4 Å². The van der Waals surface area contributed by atoms with E-state index >= 15 is 0 Å². The van der Waals surface area contributed by atoms with E-state index in [2.05, 4.69) is 10.6 Å². The third-order valence-corrected chi connectivity index (χ3v) is 3.00. The molecule has 118 valence electrons. The summed E-state index contributed by atoms with van der Waals surface area (Å²) in [7, 11) is 0. The van der Waals surface area contributed by atoms with Crippen LogP contribution in [0.15, 0.2) is 18.2 Å². The zero-order valence-corrected chi connectivity index (χ0v) is 12.9. The molecule has 0 fully saturated rings. The lowest BCUT2D eigenvalue weighted by atomic mass is 10.2. The van der Waals surface area contributed by atoms with Crippen LogP contribution >= 0.6 is 11.6 Å². The van der Waals surface area contributed by atoms with Crippen molar-refractivity contribution in [1.82, 2.24) is 0 Å². The number of benzene rings is 1. The fraction of sp³-hybridized carbons (Fsp3) is 0.500. The number of nitrogens with one attached hydrogen (secondary N) is 2. The Morgan fingerprint density at radius 1 is 1.38 bits per heavy atom. The SMILES string of the molecule is CCOc1ccc(NC(=O)C(C)O)c(NCC(O)CCl)c1. The number of anilines is 2. The number of amides is 1. The topological polar surface area (TPSA) is 90.8 Å². The van der Waals surface area contributed by atoms with Gasteiger partial charge in [0.25, 0.3) is 5.91 Å². The molecule has 0 saturated carbocycles. The first-order chi connectivity index (χ1) is 9.97. The first kappa shape index (κ1) is 17.6. The van der Waals surface area contributed by atoms with Crippen LogP contribution in [0.1, 0.15) is 13.8 Å². The molecule has 0 aromatic heterocycles. The quantitative estimate of drug-likeness (QED) is 0.545. The Bertz CT molecular complexity index is 468. The molecule has 2 unspecified atom stereocenters. The van der Waals surface area contributed by atoms with Crippen molar-refractivity contribution in [3.8, 4) is 5.75 Å². The van der Waals surface area contributed by atoms with Crippen LogP contribution in [-0.2, 0) is 4.79 Å². The zero-order chi connectivity index (χ0) is 15.8. The summed E-state index contributed by atoms with van der Waals surface area (Å²) >= 11 is 5.55. The van der Waals surface area contributed by atoms with Gasteiger partial charge >= 0.3 is 0 Å². The summed E-state index contributed by atoms with van der Waals surface area (Å²) in [4.78, 5) is 11.6. The molecule has 1 aromatic rings. The third kappa shape index (κ3) is 5.79. The van der Waals surface area contributed by atoms with Gasteiger partial charge < -0.3 is 25.6 Å². The molecule has 21 heavy (non-hydrogen) atoms. The minimum absolute atomic E-state index is 0.105. The van der Waals surface area contributed by atoms with Gasteiger partial charge in [-0.1, -0.05) is 0 Å². The fourth-order valence-electron chi connectivity index (χ4n) is 1.55. The van der Waals surface area contributed by atoms with Crippen LogP contribution in [0.25, 0.3) is 0 Å². The van der Waals surface area contributed by atoms with Crippen LogP contribution in [0.3, 0.4) is 0 Å². The van der Waals surface area contributed by atoms with E-state index in [1.165, 1.54) is 6.92 Å². The van der Waals surface area contributed by atoms with Crippen molar-refractivity contribution >= 4 is 28.9 Å². The van der Waals surface area contributed by atoms with Crippen molar-refractivity contribution < 1.29 is 19.7 Å². The third-order valence-electron chi connectivity index (χ3n) is 2.65. The largest absolute Gasteiger partial charge is 0.494 e. The predicted molar refractivity (Wildman–Crippen MR) is 83.1 cm³/mol. The zero-order valence-electron chi connectivity index (χ0n) is 12.1. The Hall–Kier alpha value is -1.50. The van der Waals surface area contributed by atoms with Crippen molar-refractivity contribution in [2.24, 2.45) is 0 Å². The van der Waals surface area contributed by atoms with Gasteiger partial charge in [-0.05, 0) is 26.0 Å². The first-order valence-electron chi connectivity index (χ1n) is 6.71. The van der Waals surface area contributed by atoms with Crippen LogP contribution in [0.2, 0.25) is 0 Å². The normalized spacial score (nSPS) is 13.4. The molecule has 0 bridgehead atoms. The lowest BCUT2D eigenvalue weighted by Crippen LogP contribution is -2.26. The van der Waals surface area contributed by atoms with E-state index in [4.69, 9.17) is 16.3 Å². The maximum atomic E-state index is 11.6. The Labute approximate surface area is 129 Å². The van der Waals surface area contributed by atoms with Gasteiger partial charge in [0.2, 0.25) is 0 Å². The molecule has 0 spiro atoms. The summed E-state index contributed by atoms with van der Waals surface area (Å²) in [6.07, 6.45) is -1.82. The van der Waals surface area contributed by atoms with Crippen LogP contribution in [0.5, 0.6) is 5.75 Å². The molecule has 0 aliphatic heterocycles. The summed E-state index contributed by atoms with van der Waals surface area (Å²) in [5.41, 5.74) is 1.07. The average Bonchev–Trinajstić information content (AvgIpc) is 2.46. The second-order valence-electron chi connectivity index (χ2n) is 4.49. The Balaban J connectivity index is 2.90. The number of carbonyl (C=O) groups is 1. The van der Waals surface area contributed by atoms with Gasteiger partial charge in [0, 0.05) is 12.6 Å². The van der Waals surface area contributed by atoms with Crippen LogP contribution in [0, 0.1) is 0 Å². The van der Waals surface area contributed by atoms with Crippen molar-refractivity contribution in [2.75, 3.05) is 29.7 Å². The second-order valence-corrected chi connectivity index (χ2v) is 4.80. The molecule has 2 atom stereocenters. The van der Waals surface area contributed by atoms with E-state index in [1.54, 1.807) is 18.2 Å². The number of halogens is 1. The first-order valence-corrected chi connectivity index (χ1v) is 7.25. The minimum atomic E-state index is -1.11. The molecule has 6 nitrogen and oxygen atoms in total. The monoisotopic (exact) mass is 316 g/mol. The maximum Gasteiger partial charge on any atom is 0.252 e. The Kier molecular flexibility index (Phi) is 7.28. The minimum Gasteiger partial charge on any atom is -0.494 e. The molecule has 1 aromatic carbocycles. The molecule has 0 aliphatic carbocycles. The summed E-state index contributed by atoms with van der Waals surface area (Å²) in [5.74, 6) is 0.226. The fourth-order valence-corrected chi connectivity index (χ4v) is 1.66. The summed E-state index contributed by atoms with van der Waals surface area (Å²) < 4.78 is 5.40. The highest BCUT2D eigenvalue weighted by Crippen LogP contribution is 2.27. The number of carbonyl (C=O) groups excluding carboxylic acids is 1. The van der Waals surface area contributed by atoms with Crippen molar-refractivity contribution in [3.05, 3.63) is 18.2 Å². The number of hydrogen-bond acceptors (Lipinski definition) is 5. The van der Waals surface area contributed by atoms with E-state index in [9.17, 15) is 15.0 Å². The molecule has 1 amide bonds. The van der Waals surface area contributed by atoms with Gasteiger partial charge in [0.1, 0.15) is 11.9 Å². The number of hydrogen-bond donors (Lipinski definition) is 4. The molecule has 4 N–H and O–H groups in total. The van der Waals surface area contributed by atoms with Crippen molar-refractivity contribution in [3.63, 3.8) is 0 Å². The van der Waals surface area contributed by atoms with Crippen molar-refractivity contribution in [1.29, 1.82) is 0 Å². The number of aliphatic hydroxyl groups is 2. The van der Waals surface area contributed by atoms with E-state index in [-0.39, 0.29) is 12.4 Å². The Morgan fingerprint density at radius 3 is 2.67 bits per heavy atom. The molecule has 0 radical (unpaired) electrons.